The largest absolute Gasteiger partial charge is 0.379 e. The fraction of sp³-hybridized carbons (Fsp3) is 0.895. The van der Waals surface area contributed by atoms with Crippen LogP contribution >= 0.6 is 0 Å². The third-order valence-electron chi connectivity index (χ3n) is 4.57. The van der Waals surface area contributed by atoms with Crippen molar-refractivity contribution in [3.8, 4) is 0 Å². The summed E-state index contributed by atoms with van der Waals surface area (Å²) in [6.07, 6.45) is 6.16. The van der Waals surface area contributed by atoms with Crippen molar-refractivity contribution >= 4 is 11.9 Å². The van der Waals surface area contributed by atoms with E-state index in [4.69, 9.17) is 4.74 Å². The highest BCUT2D eigenvalue weighted by molar-refractivity contribution is 5.84. The van der Waals surface area contributed by atoms with E-state index in [1.165, 1.54) is 25.7 Å². The number of aliphatic imine (C=N–C) groups is 1. The van der Waals surface area contributed by atoms with Gasteiger partial charge in [0.05, 0.1) is 13.2 Å². The van der Waals surface area contributed by atoms with Crippen molar-refractivity contribution in [2.24, 2.45) is 4.99 Å². The van der Waals surface area contributed by atoms with Crippen molar-refractivity contribution in [3.05, 3.63) is 0 Å². The van der Waals surface area contributed by atoms with Gasteiger partial charge in [0.2, 0.25) is 5.91 Å². The summed E-state index contributed by atoms with van der Waals surface area (Å²) in [5.74, 6) is 0.742. The summed E-state index contributed by atoms with van der Waals surface area (Å²) in [5, 5.41) is 6.83. The van der Waals surface area contributed by atoms with Crippen LogP contribution in [0.2, 0.25) is 0 Å². The van der Waals surface area contributed by atoms with Crippen molar-refractivity contribution in [2.45, 2.75) is 52.0 Å². The number of unbranched alkanes of at least 4 members (excludes halogenated alkanes) is 3. The molecule has 1 aliphatic rings. The normalized spacial score (nSPS) is 17.0. The molecule has 1 unspecified atom stereocenters. The minimum absolute atomic E-state index is 0.00915. The molecule has 0 spiro atoms. The van der Waals surface area contributed by atoms with E-state index < -0.39 is 0 Å². The van der Waals surface area contributed by atoms with Crippen LogP contribution in [0.15, 0.2) is 4.99 Å². The minimum atomic E-state index is 0.00915. The third kappa shape index (κ3) is 10.6. The SMILES string of the molecule is CCCCCCC(C)NC(=NCC(=O)N(C)C)NCCN1CCOCC1. The van der Waals surface area contributed by atoms with Crippen molar-refractivity contribution in [3.63, 3.8) is 0 Å². The van der Waals surface area contributed by atoms with Gasteiger partial charge in [0, 0.05) is 46.3 Å². The highest BCUT2D eigenvalue weighted by Crippen LogP contribution is 2.05. The van der Waals surface area contributed by atoms with E-state index in [0.29, 0.717) is 6.04 Å². The molecule has 1 heterocycles. The van der Waals surface area contributed by atoms with Gasteiger partial charge < -0.3 is 20.3 Å². The number of guanidine groups is 1. The molecule has 0 saturated carbocycles. The van der Waals surface area contributed by atoms with E-state index in [1.54, 1.807) is 19.0 Å². The second-order valence-corrected chi connectivity index (χ2v) is 7.23. The fourth-order valence-corrected chi connectivity index (χ4v) is 2.78. The molecular formula is C19H39N5O2. The maximum Gasteiger partial charge on any atom is 0.243 e. The monoisotopic (exact) mass is 369 g/mol. The number of rotatable bonds is 11. The Balaban J connectivity index is 2.43. The molecule has 7 nitrogen and oxygen atoms in total. The Morgan fingerprint density at radius 3 is 2.62 bits per heavy atom. The molecule has 1 rings (SSSR count). The first-order valence-corrected chi connectivity index (χ1v) is 10.1. The van der Waals surface area contributed by atoms with Gasteiger partial charge >= 0.3 is 0 Å². The third-order valence-corrected chi connectivity index (χ3v) is 4.57. The highest BCUT2D eigenvalue weighted by atomic mass is 16.5. The van der Waals surface area contributed by atoms with Crippen LogP contribution in [-0.4, -0.2) is 87.7 Å². The predicted octanol–water partition coefficient (Wildman–Crippen LogP) is 1.30. The molecule has 0 aromatic rings. The molecular weight excluding hydrogens is 330 g/mol. The van der Waals surface area contributed by atoms with Crippen LogP contribution in [0.1, 0.15) is 46.0 Å². The Bertz CT molecular complexity index is 409. The first-order chi connectivity index (χ1) is 12.5. The standard InChI is InChI=1S/C19H39N5O2/c1-5-6-7-8-9-17(2)22-19(21-16-18(25)23(3)4)20-10-11-24-12-14-26-15-13-24/h17H,5-16H2,1-4H3,(H2,20,21,22). The molecule has 0 bridgehead atoms. The zero-order valence-corrected chi connectivity index (χ0v) is 17.2. The molecule has 26 heavy (non-hydrogen) atoms. The molecule has 2 N–H and O–H groups in total. The molecule has 1 atom stereocenters. The number of carbonyl (C=O) groups excluding carboxylic acids is 1. The number of morpholine rings is 1. The first kappa shape index (κ1) is 22.7. The Morgan fingerprint density at radius 2 is 1.96 bits per heavy atom. The molecule has 1 aliphatic heterocycles. The number of likely N-dealkylation sites (N-methyl/N-ethyl adjacent to an activating group) is 1. The number of hydrogen-bond acceptors (Lipinski definition) is 4. The number of amides is 1. The minimum Gasteiger partial charge on any atom is -0.379 e. The van der Waals surface area contributed by atoms with Gasteiger partial charge in [-0.1, -0.05) is 32.6 Å². The van der Waals surface area contributed by atoms with Gasteiger partial charge in [-0.15, -0.1) is 0 Å². The molecule has 152 valence electrons. The van der Waals surface area contributed by atoms with Crippen LogP contribution in [0.5, 0.6) is 0 Å². The van der Waals surface area contributed by atoms with Crippen molar-refractivity contribution in [1.29, 1.82) is 0 Å². The van der Waals surface area contributed by atoms with Crippen molar-refractivity contribution < 1.29 is 9.53 Å². The van der Waals surface area contributed by atoms with Crippen LogP contribution in [-0.2, 0) is 9.53 Å². The number of hydrogen-bond donors (Lipinski definition) is 2. The van der Waals surface area contributed by atoms with Crippen LogP contribution in [0.3, 0.4) is 0 Å². The molecule has 1 fully saturated rings. The van der Waals surface area contributed by atoms with Gasteiger partial charge in [-0.25, -0.2) is 4.99 Å². The van der Waals surface area contributed by atoms with E-state index in [-0.39, 0.29) is 12.5 Å². The maximum atomic E-state index is 11.8. The van der Waals surface area contributed by atoms with E-state index in [1.807, 2.05) is 0 Å². The molecule has 0 aromatic carbocycles. The Morgan fingerprint density at radius 1 is 1.23 bits per heavy atom. The van der Waals surface area contributed by atoms with Crippen molar-refractivity contribution in [1.82, 2.24) is 20.4 Å². The summed E-state index contributed by atoms with van der Waals surface area (Å²) in [4.78, 5) is 20.3. The van der Waals surface area contributed by atoms with Gasteiger partial charge in [-0.3, -0.25) is 9.69 Å². The van der Waals surface area contributed by atoms with Crippen molar-refractivity contribution in [2.75, 3.05) is 60.0 Å². The first-order valence-electron chi connectivity index (χ1n) is 10.1. The molecule has 7 heteroatoms. The van der Waals surface area contributed by atoms with E-state index in [9.17, 15) is 4.79 Å². The topological polar surface area (TPSA) is 69.2 Å². The Hall–Kier alpha value is -1.34. The summed E-state index contributed by atoms with van der Waals surface area (Å²) in [6.45, 7) is 9.93. The molecule has 0 radical (unpaired) electrons. The smallest absolute Gasteiger partial charge is 0.243 e. The number of nitrogens with zero attached hydrogens (tertiary/aromatic N) is 3. The number of carbonyl (C=O) groups is 1. The lowest BCUT2D eigenvalue weighted by Crippen LogP contribution is -2.47. The molecule has 1 amide bonds. The number of nitrogens with one attached hydrogen (secondary N) is 2. The number of ether oxygens (including phenoxy) is 1. The predicted molar refractivity (Wildman–Crippen MR) is 108 cm³/mol. The lowest BCUT2D eigenvalue weighted by molar-refractivity contribution is -0.127. The summed E-state index contributed by atoms with van der Waals surface area (Å²) in [6, 6.07) is 0.343. The van der Waals surface area contributed by atoms with Gasteiger partial charge in [-0.2, -0.15) is 0 Å². The second kappa shape index (κ2) is 13.8. The quantitative estimate of drug-likeness (QED) is 0.326. The Labute approximate surface area is 159 Å². The average molecular weight is 370 g/mol. The lowest BCUT2D eigenvalue weighted by atomic mass is 10.1. The molecule has 1 saturated heterocycles. The zero-order chi connectivity index (χ0) is 19.2. The highest BCUT2D eigenvalue weighted by Gasteiger charge is 2.11. The zero-order valence-electron chi connectivity index (χ0n) is 17.2. The molecule has 0 aromatic heterocycles. The summed E-state index contributed by atoms with van der Waals surface area (Å²) < 4.78 is 5.38. The van der Waals surface area contributed by atoms with Gasteiger partial charge in [0.1, 0.15) is 6.54 Å². The van der Waals surface area contributed by atoms with Gasteiger partial charge in [-0.05, 0) is 13.3 Å². The van der Waals surface area contributed by atoms with E-state index in [2.05, 4.69) is 34.4 Å². The average Bonchev–Trinajstić information content (AvgIpc) is 2.63. The molecule has 0 aliphatic carbocycles. The van der Waals surface area contributed by atoms with Crippen LogP contribution in [0, 0.1) is 0 Å². The van der Waals surface area contributed by atoms with Crippen LogP contribution in [0.25, 0.3) is 0 Å². The van der Waals surface area contributed by atoms with Gasteiger partial charge in [0.15, 0.2) is 5.96 Å². The second-order valence-electron chi connectivity index (χ2n) is 7.23. The fourth-order valence-electron chi connectivity index (χ4n) is 2.78. The summed E-state index contributed by atoms with van der Waals surface area (Å²) >= 11 is 0. The van der Waals surface area contributed by atoms with E-state index >= 15 is 0 Å². The van der Waals surface area contributed by atoms with Crippen LogP contribution in [0.4, 0.5) is 0 Å². The summed E-state index contributed by atoms with van der Waals surface area (Å²) in [7, 11) is 3.51. The maximum absolute atomic E-state index is 11.8. The van der Waals surface area contributed by atoms with Crippen LogP contribution < -0.4 is 10.6 Å². The van der Waals surface area contributed by atoms with E-state index in [0.717, 1.165) is 51.8 Å². The lowest BCUT2D eigenvalue weighted by Gasteiger charge is -2.27. The summed E-state index contributed by atoms with van der Waals surface area (Å²) in [5.41, 5.74) is 0. The Kier molecular flexibility index (Phi) is 12.1. The van der Waals surface area contributed by atoms with Gasteiger partial charge in [0.25, 0.3) is 0 Å².